The number of aromatic nitrogens is 1. The highest BCUT2D eigenvalue weighted by Crippen LogP contribution is 2.31. The zero-order chi connectivity index (χ0) is 12.5. The summed E-state index contributed by atoms with van der Waals surface area (Å²) in [4.78, 5) is 5.55. The van der Waals surface area contributed by atoms with Crippen LogP contribution in [0.2, 0.25) is 0 Å². The van der Waals surface area contributed by atoms with Crippen molar-refractivity contribution in [3.8, 4) is 10.4 Å². The molecule has 0 fully saturated rings. The van der Waals surface area contributed by atoms with Gasteiger partial charge in [0, 0.05) is 32.0 Å². The zero-order valence-electron chi connectivity index (χ0n) is 9.77. The average Bonchev–Trinajstić information content (AvgIpc) is 2.76. The molecule has 0 bridgehead atoms. The minimum Gasteiger partial charge on any atom is -0.395 e. The highest BCUT2D eigenvalue weighted by Gasteiger charge is 2.21. The van der Waals surface area contributed by atoms with E-state index in [1.165, 1.54) is 4.88 Å². The average molecular weight is 312 g/mol. The number of rotatable bonds is 3. The van der Waals surface area contributed by atoms with Gasteiger partial charge in [-0.05, 0) is 39.7 Å². The van der Waals surface area contributed by atoms with Gasteiger partial charge in [-0.25, -0.2) is 0 Å². The minimum absolute atomic E-state index is 0.0948. The van der Waals surface area contributed by atoms with Crippen LogP contribution >= 0.6 is 27.3 Å². The maximum Gasteiger partial charge on any atom is 0.0537 e. The van der Waals surface area contributed by atoms with Crippen LogP contribution in [0.3, 0.4) is 0 Å². The van der Waals surface area contributed by atoms with Crippen molar-refractivity contribution in [3.63, 3.8) is 0 Å². The molecule has 17 heavy (non-hydrogen) atoms. The second-order valence-electron chi connectivity index (χ2n) is 4.60. The molecule has 2 aromatic rings. The van der Waals surface area contributed by atoms with E-state index >= 15 is 0 Å². The Morgan fingerprint density at radius 3 is 2.76 bits per heavy atom. The molecular weight excluding hydrogens is 298 g/mol. The number of thiophene rings is 1. The molecular formula is C13H14BrNOS. The van der Waals surface area contributed by atoms with Gasteiger partial charge in [-0.2, -0.15) is 0 Å². The Morgan fingerprint density at radius 2 is 2.18 bits per heavy atom. The van der Waals surface area contributed by atoms with E-state index in [9.17, 15) is 5.11 Å². The van der Waals surface area contributed by atoms with Crippen LogP contribution in [0.15, 0.2) is 34.2 Å². The fourth-order valence-corrected chi connectivity index (χ4v) is 2.93. The lowest BCUT2D eigenvalue weighted by molar-refractivity contribution is 0.215. The molecule has 0 atom stereocenters. The molecule has 2 aromatic heterocycles. The fourth-order valence-electron chi connectivity index (χ4n) is 1.50. The van der Waals surface area contributed by atoms with Crippen molar-refractivity contribution < 1.29 is 5.11 Å². The van der Waals surface area contributed by atoms with Crippen LogP contribution in [0.1, 0.15) is 19.5 Å². The van der Waals surface area contributed by atoms with Gasteiger partial charge in [-0.15, -0.1) is 11.3 Å². The number of nitrogens with zero attached hydrogens (tertiary/aromatic N) is 1. The van der Waals surface area contributed by atoms with Gasteiger partial charge >= 0.3 is 0 Å². The van der Waals surface area contributed by atoms with Crippen molar-refractivity contribution in [2.24, 2.45) is 0 Å². The fraction of sp³-hybridized carbons (Fsp3) is 0.308. The van der Waals surface area contributed by atoms with Gasteiger partial charge in [0.05, 0.1) is 6.61 Å². The summed E-state index contributed by atoms with van der Waals surface area (Å²) < 4.78 is 1.09. The largest absolute Gasteiger partial charge is 0.395 e. The lowest BCUT2D eigenvalue weighted by Gasteiger charge is -2.21. The van der Waals surface area contributed by atoms with Gasteiger partial charge < -0.3 is 5.11 Å². The number of halogens is 1. The van der Waals surface area contributed by atoms with E-state index in [0.29, 0.717) is 0 Å². The SMILES string of the molecule is CC(C)(CO)c1cc(-c2cc(Br)cs2)ccn1. The molecule has 0 radical (unpaired) electrons. The van der Waals surface area contributed by atoms with Crippen molar-refractivity contribution in [3.05, 3.63) is 39.9 Å². The highest BCUT2D eigenvalue weighted by atomic mass is 79.9. The third-order valence-electron chi connectivity index (χ3n) is 2.70. The molecule has 0 aliphatic rings. The zero-order valence-corrected chi connectivity index (χ0v) is 12.2. The molecule has 2 nitrogen and oxygen atoms in total. The van der Waals surface area contributed by atoms with Gasteiger partial charge in [-0.3, -0.25) is 4.98 Å². The van der Waals surface area contributed by atoms with Crippen LogP contribution in [0.25, 0.3) is 10.4 Å². The number of pyridine rings is 1. The van der Waals surface area contributed by atoms with Crippen LogP contribution < -0.4 is 0 Å². The Bertz CT molecular complexity index is 522. The molecule has 0 unspecified atom stereocenters. The minimum atomic E-state index is -0.301. The molecule has 4 heteroatoms. The van der Waals surface area contributed by atoms with Crippen LogP contribution in [-0.4, -0.2) is 16.7 Å². The summed E-state index contributed by atoms with van der Waals surface area (Å²) in [6, 6.07) is 6.14. The second kappa shape index (κ2) is 4.88. The van der Waals surface area contributed by atoms with Crippen molar-refractivity contribution in [1.29, 1.82) is 0 Å². The van der Waals surface area contributed by atoms with E-state index in [1.807, 2.05) is 19.9 Å². The highest BCUT2D eigenvalue weighted by molar-refractivity contribution is 9.10. The lowest BCUT2D eigenvalue weighted by atomic mass is 9.89. The first-order chi connectivity index (χ1) is 8.03. The Kier molecular flexibility index (Phi) is 3.66. The van der Waals surface area contributed by atoms with Gasteiger partial charge in [0.1, 0.15) is 0 Å². The molecule has 1 N–H and O–H groups in total. The molecule has 0 saturated carbocycles. The quantitative estimate of drug-likeness (QED) is 0.934. The van der Waals surface area contributed by atoms with Gasteiger partial charge in [0.15, 0.2) is 0 Å². The predicted molar refractivity (Wildman–Crippen MR) is 75.4 cm³/mol. The summed E-state index contributed by atoms with van der Waals surface area (Å²) in [7, 11) is 0. The molecule has 0 aliphatic carbocycles. The lowest BCUT2D eigenvalue weighted by Crippen LogP contribution is -2.23. The van der Waals surface area contributed by atoms with E-state index in [4.69, 9.17) is 0 Å². The van der Waals surface area contributed by atoms with E-state index in [1.54, 1.807) is 17.5 Å². The smallest absolute Gasteiger partial charge is 0.0537 e. The van der Waals surface area contributed by atoms with Crippen LogP contribution in [0.5, 0.6) is 0 Å². The number of hydrogen-bond acceptors (Lipinski definition) is 3. The first-order valence-corrected chi connectivity index (χ1v) is 7.02. The Hall–Kier alpha value is -0.710. The number of aliphatic hydroxyl groups is 1. The molecule has 2 rings (SSSR count). The molecule has 0 aromatic carbocycles. The van der Waals surface area contributed by atoms with Crippen LogP contribution in [0.4, 0.5) is 0 Å². The van der Waals surface area contributed by atoms with Gasteiger partial charge in [0.25, 0.3) is 0 Å². The Morgan fingerprint density at radius 1 is 1.41 bits per heavy atom. The molecule has 2 heterocycles. The molecule has 0 aliphatic heterocycles. The topological polar surface area (TPSA) is 33.1 Å². The standard InChI is InChI=1S/C13H14BrNOS/c1-13(2,8-16)12-5-9(3-4-15-12)11-6-10(14)7-17-11/h3-7,16H,8H2,1-2H3. The van der Waals surface area contributed by atoms with E-state index in [2.05, 4.69) is 38.4 Å². The van der Waals surface area contributed by atoms with Crippen molar-refractivity contribution in [1.82, 2.24) is 4.98 Å². The van der Waals surface area contributed by atoms with Crippen molar-refractivity contribution >= 4 is 27.3 Å². The monoisotopic (exact) mass is 311 g/mol. The predicted octanol–water partition coefficient (Wildman–Crippen LogP) is 3.84. The summed E-state index contributed by atoms with van der Waals surface area (Å²) in [5, 5.41) is 11.4. The summed E-state index contributed by atoms with van der Waals surface area (Å²) in [5.41, 5.74) is 1.76. The normalized spacial score (nSPS) is 11.8. The van der Waals surface area contributed by atoms with Gasteiger partial charge in [-0.1, -0.05) is 13.8 Å². The number of hydrogen-bond donors (Lipinski definition) is 1. The van der Waals surface area contributed by atoms with Crippen molar-refractivity contribution in [2.45, 2.75) is 19.3 Å². The summed E-state index contributed by atoms with van der Waals surface area (Å²) in [6.07, 6.45) is 1.80. The van der Waals surface area contributed by atoms with E-state index in [0.717, 1.165) is 15.7 Å². The third kappa shape index (κ3) is 2.76. The molecule has 0 amide bonds. The number of aliphatic hydroxyl groups excluding tert-OH is 1. The van der Waals surface area contributed by atoms with E-state index < -0.39 is 0 Å². The molecule has 0 saturated heterocycles. The van der Waals surface area contributed by atoms with Crippen LogP contribution in [0, 0.1) is 0 Å². The Labute approximate surface area is 113 Å². The maximum absolute atomic E-state index is 9.37. The van der Waals surface area contributed by atoms with E-state index in [-0.39, 0.29) is 12.0 Å². The first kappa shape index (κ1) is 12.7. The Balaban J connectivity index is 2.42. The van der Waals surface area contributed by atoms with Gasteiger partial charge in [0.2, 0.25) is 0 Å². The second-order valence-corrected chi connectivity index (χ2v) is 6.43. The maximum atomic E-state index is 9.37. The molecule has 0 spiro atoms. The first-order valence-electron chi connectivity index (χ1n) is 5.35. The third-order valence-corrected chi connectivity index (χ3v) is 4.44. The summed E-state index contributed by atoms with van der Waals surface area (Å²) >= 11 is 5.15. The summed E-state index contributed by atoms with van der Waals surface area (Å²) in [5.74, 6) is 0. The molecule has 90 valence electrons. The van der Waals surface area contributed by atoms with Crippen LogP contribution in [-0.2, 0) is 5.41 Å². The van der Waals surface area contributed by atoms with Crippen molar-refractivity contribution in [2.75, 3.05) is 6.61 Å². The summed E-state index contributed by atoms with van der Waals surface area (Å²) in [6.45, 7) is 4.07.